The molecule has 1 aromatic carbocycles. The maximum atomic E-state index is 13.9. The zero-order valence-corrected chi connectivity index (χ0v) is 18.8. The highest BCUT2D eigenvalue weighted by molar-refractivity contribution is 5.88. The zero-order valence-electron chi connectivity index (χ0n) is 18.8. The Morgan fingerprint density at radius 3 is 2.16 bits per heavy atom. The van der Waals surface area contributed by atoms with E-state index in [1.54, 1.807) is 13.0 Å². The molecule has 0 aliphatic carbocycles. The fourth-order valence-corrected chi connectivity index (χ4v) is 3.48. The first-order valence-electron chi connectivity index (χ1n) is 10.6. The molecule has 0 radical (unpaired) electrons. The summed E-state index contributed by atoms with van der Waals surface area (Å²) in [5.74, 6) is -3.51. The van der Waals surface area contributed by atoms with Crippen molar-refractivity contribution in [3.63, 3.8) is 0 Å². The van der Waals surface area contributed by atoms with Crippen LogP contribution in [0.25, 0.3) is 16.9 Å². The molecule has 0 amide bonds. The van der Waals surface area contributed by atoms with Gasteiger partial charge in [0, 0.05) is 30.8 Å². The second-order valence-electron chi connectivity index (χ2n) is 8.47. The summed E-state index contributed by atoms with van der Waals surface area (Å²) in [5.41, 5.74) is 0.697. The van der Waals surface area contributed by atoms with Crippen molar-refractivity contribution in [2.45, 2.75) is 34.6 Å². The lowest BCUT2D eigenvalue weighted by Crippen LogP contribution is -2.33. The largest absolute Gasteiger partial charge is 0.461 e. The van der Waals surface area contributed by atoms with Crippen LogP contribution in [-0.4, -0.2) is 40.3 Å². The van der Waals surface area contributed by atoms with E-state index in [2.05, 4.69) is 42.7 Å². The summed E-state index contributed by atoms with van der Waals surface area (Å²) >= 11 is 0. The molecule has 0 N–H and O–H groups in total. The molecule has 0 bridgehead atoms. The van der Waals surface area contributed by atoms with Crippen molar-refractivity contribution < 1.29 is 22.7 Å². The monoisotopic (exact) mass is 448 g/mol. The van der Waals surface area contributed by atoms with Gasteiger partial charge < -0.3 is 9.64 Å². The van der Waals surface area contributed by atoms with Gasteiger partial charge in [0.1, 0.15) is 5.82 Å². The van der Waals surface area contributed by atoms with Gasteiger partial charge in [0.2, 0.25) is 0 Å². The van der Waals surface area contributed by atoms with E-state index in [1.165, 1.54) is 10.6 Å². The number of aromatic nitrogens is 3. The Labute approximate surface area is 185 Å². The van der Waals surface area contributed by atoms with Crippen LogP contribution < -0.4 is 4.90 Å². The van der Waals surface area contributed by atoms with Crippen molar-refractivity contribution in [3.8, 4) is 11.3 Å². The Morgan fingerprint density at radius 2 is 1.62 bits per heavy atom. The molecule has 0 aliphatic heterocycles. The second kappa shape index (κ2) is 9.58. The van der Waals surface area contributed by atoms with Gasteiger partial charge in [-0.3, -0.25) is 0 Å². The van der Waals surface area contributed by atoms with Gasteiger partial charge in [-0.25, -0.2) is 22.9 Å². The van der Waals surface area contributed by atoms with E-state index >= 15 is 0 Å². The number of esters is 1. The normalized spacial score (nSPS) is 11.6. The summed E-state index contributed by atoms with van der Waals surface area (Å²) in [5, 5.41) is 4.38. The number of carbonyl (C=O) groups excluding carboxylic acids is 1. The third-order valence-electron chi connectivity index (χ3n) is 4.67. The molecule has 3 rings (SSSR count). The molecule has 0 unspecified atom stereocenters. The van der Waals surface area contributed by atoms with Gasteiger partial charge in [-0.1, -0.05) is 27.7 Å². The van der Waals surface area contributed by atoms with Crippen molar-refractivity contribution in [2.75, 3.05) is 24.6 Å². The Hall–Kier alpha value is -3.10. The molecule has 0 spiro atoms. The molecule has 6 nitrogen and oxygen atoms in total. The van der Waals surface area contributed by atoms with Gasteiger partial charge in [-0.05, 0) is 30.9 Å². The smallest absolute Gasteiger partial charge is 0.358 e. The van der Waals surface area contributed by atoms with Crippen LogP contribution in [0.2, 0.25) is 0 Å². The highest BCUT2D eigenvalue weighted by Crippen LogP contribution is 2.28. The van der Waals surface area contributed by atoms with Crippen LogP contribution >= 0.6 is 0 Å². The first kappa shape index (κ1) is 23.6. The van der Waals surface area contributed by atoms with E-state index in [0.717, 1.165) is 12.1 Å². The summed E-state index contributed by atoms with van der Waals surface area (Å²) in [6, 6.07) is 4.91. The maximum Gasteiger partial charge on any atom is 0.358 e. The summed E-state index contributed by atoms with van der Waals surface area (Å²) in [6.07, 6.45) is 0. The predicted molar refractivity (Wildman–Crippen MR) is 116 cm³/mol. The van der Waals surface area contributed by atoms with Crippen LogP contribution in [-0.2, 0) is 4.74 Å². The number of fused-ring (bicyclic) bond motifs is 1. The predicted octanol–water partition coefficient (Wildman–Crippen LogP) is 5.11. The number of halogens is 3. The number of benzene rings is 1. The van der Waals surface area contributed by atoms with Crippen LogP contribution in [0.1, 0.15) is 45.1 Å². The van der Waals surface area contributed by atoms with E-state index in [9.17, 15) is 18.0 Å². The SMILES string of the molecule is CCOC(=O)c1cc2nc(-c3cc(F)c(F)c(F)c3)cc(N(CC(C)C)CC(C)C)n2n1. The Kier molecular flexibility index (Phi) is 7.06. The number of ether oxygens (including phenoxy) is 1. The maximum absolute atomic E-state index is 13.9. The molecule has 0 aliphatic rings. The second-order valence-corrected chi connectivity index (χ2v) is 8.47. The van der Waals surface area contributed by atoms with Crippen molar-refractivity contribution in [1.82, 2.24) is 14.6 Å². The van der Waals surface area contributed by atoms with Crippen molar-refractivity contribution in [2.24, 2.45) is 11.8 Å². The van der Waals surface area contributed by atoms with Crippen molar-refractivity contribution in [1.29, 1.82) is 0 Å². The van der Waals surface area contributed by atoms with Gasteiger partial charge in [-0.15, -0.1) is 0 Å². The molecule has 2 heterocycles. The molecular formula is C23H27F3N4O2. The Balaban J connectivity index is 2.24. The highest BCUT2D eigenvalue weighted by atomic mass is 19.2. The van der Waals surface area contributed by atoms with Gasteiger partial charge in [0.05, 0.1) is 12.3 Å². The average molecular weight is 448 g/mol. The Morgan fingerprint density at radius 1 is 1.03 bits per heavy atom. The minimum Gasteiger partial charge on any atom is -0.461 e. The van der Waals surface area contributed by atoms with E-state index < -0.39 is 23.4 Å². The van der Waals surface area contributed by atoms with E-state index in [4.69, 9.17) is 4.74 Å². The average Bonchev–Trinajstić information content (AvgIpc) is 3.14. The standard InChI is InChI=1S/C23H27F3N4O2/c1-6-32-23(31)19-9-20-27-18(15-7-16(24)22(26)17(25)8-15)10-21(30(20)28-19)29(11-13(2)3)12-14(4)5/h7-10,13-14H,6,11-12H2,1-5H3. The lowest BCUT2D eigenvalue weighted by atomic mass is 10.1. The molecule has 0 saturated carbocycles. The van der Waals surface area contributed by atoms with Crippen LogP contribution in [0.5, 0.6) is 0 Å². The third kappa shape index (κ3) is 5.03. The number of hydrogen-bond acceptors (Lipinski definition) is 5. The molecule has 0 saturated heterocycles. The van der Waals surface area contributed by atoms with Crippen LogP contribution in [0.3, 0.4) is 0 Å². The third-order valence-corrected chi connectivity index (χ3v) is 4.67. The number of nitrogens with zero attached hydrogens (tertiary/aromatic N) is 4. The van der Waals surface area contributed by atoms with Crippen LogP contribution in [0, 0.1) is 29.3 Å². The summed E-state index contributed by atoms with van der Waals surface area (Å²) < 4.78 is 47.9. The fourth-order valence-electron chi connectivity index (χ4n) is 3.48. The van der Waals surface area contributed by atoms with Gasteiger partial charge in [0.15, 0.2) is 28.8 Å². The summed E-state index contributed by atoms with van der Waals surface area (Å²) in [7, 11) is 0. The number of carbonyl (C=O) groups is 1. The number of rotatable bonds is 8. The summed E-state index contributed by atoms with van der Waals surface area (Å²) in [4.78, 5) is 18.8. The highest BCUT2D eigenvalue weighted by Gasteiger charge is 2.21. The zero-order chi connectivity index (χ0) is 23.6. The first-order chi connectivity index (χ1) is 15.1. The molecule has 0 fully saturated rings. The van der Waals surface area contributed by atoms with E-state index in [-0.39, 0.29) is 23.6 Å². The molecule has 0 atom stereocenters. The minimum atomic E-state index is -1.54. The van der Waals surface area contributed by atoms with E-state index in [0.29, 0.717) is 36.4 Å². The Bertz CT molecular complexity index is 1090. The minimum absolute atomic E-state index is 0.0725. The topological polar surface area (TPSA) is 59.7 Å². The molecular weight excluding hydrogens is 421 g/mol. The van der Waals surface area contributed by atoms with Gasteiger partial charge in [-0.2, -0.15) is 9.61 Å². The number of anilines is 1. The van der Waals surface area contributed by atoms with Crippen LogP contribution in [0.4, 0.5) is 19.0 Å². The lowest BCUT2D eigenvalue weighted by Gasteiger charge is -2.29. The van der Waals surface area contributed by atoms with Crippen molar-refractivity contribution >= 4 is 17.4 Å². The van der Waals surface area contributed by atoms with E-state index in [1.807, 2.05) is 0 Å². The first-order valence-corrected chi connectivity index (χ1v) is 10.6. The molecule has 172 valence electrons. The molecule has 3 aromatic rings. The fraction of sp³-hybridized carbons (Fsp3) is 0.435. The quantitative estimate of drug-likeness (QED) is 0.354. The van der Waals surface area contributed by atoms with Crippen LogP contribution in [0.15, 0.2) is 24.3 Å². The lowest BCUT2D eigenvalue weighted by molar-refractivity contribution is 0.0519. The molecule has 9 heteroatoms. The summed E-state index contributed by atoms with van der Waals surface area (Å²) in [6.45, 7) is 11.5. The number of hydrogen-bond donors (Lipinski definition) is 0. The molecule has 32 heavy (non-hydrogen) atoms. The van der Waals surface area contributed by atoms with Gasteiger partial charge >= 0.3 is 5.97 Å². The van der Waals surface area contributed by atoms with Crippen molar-refractivity contribution in [3.05, 3.63) is 47.4 Å². The van der Waals surface area contributed by atoms with Gasteiger partial charge in [0.25, 0.3) is 0 Å². The molecule has 2 aromatic heterocycles.